The average Bonchev–Trinajstić information content (AvgIpc) is 2.62. The van der Waals surface area contributed by atoms with Crippen LogP contribution in [0.4, 0.5) is 0 Å². The van der Waals surface area contributed by atoms with Gasteiger partial charge in [0.05, 0.1) is 0 Å². The third-order valence-electron chi connectivity index (χ3n) is 5.77. The van der Waals surface area contributed by atoms with E-state index in [1.165, 1.54) is 0 Å². The Labute approximate surface area is 121 Å². The van der Waals surface area contributed by atoms with Crippen molar-refractivity contribution in [2.75, 3.05) is 0 Å². The fourth-order valence-corrected chi connectivity index (χ4v) is 4.08. The number of carboxylic acids is 1. The van der Waals surface area contributed by atoms with E-state index in [9.17, 15) is 14.7 Å². The van der Waals surface area contributed by atoms with Gasteiger partial charge in [-0.3, -0.25) is 4.79 Å². The van der Waals surface area contributed by atoms with E-state index in [-0.39, 0.29) is 28.4 Å². The highest BCUT2D eigenvalue weighted by Crippen LogP contribution is 2.65. The number of carboxylic acid groups (broad SMARTS) is 1. The molecule has 0 N–H and O–H groups in total. The summed E-state index contributed by atoms with van der Waals surface area (Å²) in [4.78, 5) is 24.0. The van der Waals surface area contributed by atoms with Crippen LogP contribution in [0.3, 0.4) is 0 Å². The van der Waals surface area contributed by atoms with Crippen LogP contribution in [0.5, 0.6) is 0 Å². The Morgan fingerprint density at radius 2 is 2.00 bits per heavy atom. The van der Waals surface area contributed by atoms with Crippen LogP contribution >= 0.6 is 0 Å². The Balaban J connectivity index is 2.36. The summed E-state index contributed by atoms with van der Waals surface area (Å²) in [5.41, 5.74) is 0.362. The van der Waals surface area contributed by atoms with Gasteiger partial charge in [-0.2, -0.15) is 0 Å². The molecule has 20 heavy (non-hydrogen) atoms. The molecule has 0 heterocycles. The van der Waals surface area contributed by atoms with Gasteiger partial charge in [-0.05, 0) is 42.1 Å². The number of hydrogen-bond donors (Lipinski definition) is 0. The van der Waals surface area contributed by atoms with E-state index >= 15 is 0 Å². The van der Waals surface area contributed by atoms with E-state index in [1.807, 2.05) is 20.8 Å². The molecule has 3 atom stereocenters. The van der Waals surface area contributed by atoms with Gasteiger partial charge in [-0.1, -0.05) is 40.7 Å². The van der Waals surface area contributed by atoms with Crippen molar-refractivity contribution in [3.05, 3.63) is 11.6 Å². The van der Waals surface area contributed by atoms with Crippen molar-refractivity contribution in [2.45, 2.75) is 53.9 Å². The fourth-order valence-electron chi connectivity index (χ4n) is 4.08. The van der Waals surface area contributed by atoms with Gasteiger partial charge < -0.3 is 9.90 Å². The smallest absolute Gasteiger partial charge is 0.165 e. The first kappa shape index (κ1) is 15.3. The molecular weight excluding hydrogens is 252 g/mol. The number of carbonyl (C=O) groups is 2. The minimum atomic E-state index is -1.07. The van der Waals surface area contributed by atoms with Crippen LogP contribution in [0.1, 0.15) is 53.9 Å². The molecule has 0 aromatic rings. The Morgan fingerprint density at radius 3 is 2.40 bits per heavy atom. The maximum absolute atomic E-state index is 12.7. The quantitative estimate of drug-likeness (QED) is 0.741. The summed E-state index contributed by atoms with van der Waals surface area (Å²) in [7, 11) is 0. The number of hydrogen-bond acceptors (Lipinski definition) is 3. The molecule has 2 aliphatic carbocycles. The molecule has 112 valence electrons. The summed E-state index contributed by atoms with van der Waals surface area (Å²) in [6.07, 6.45) is 4.14. The molecule has 2 saturated carbocycles. The minimum Gasteiger partial charge on any atom is -0.550 e. The lowest BCUT2D eigenvalue weighted by Crippen LogP contribution is -2.33. The van der Waals surface area contributed by atoms with Crippen molar-refractivity contribution >= 4 is 11.8 Å². The first-order valence-electron chi connectivity index (χ1n) is 7.58. The monoisotopic (exact) mass is 277 g/mol. The largest absolute Gasteiger partial charge is 0.550 e. The average molecular weight is 277 g/mol. The van der Waals surface area contributed by atoms with Crippen LogP contribution in [-0.4, -0.2) is 11.8 Å². The number of Topliss-reactive ketones (excluding diaryl/α,β-unsaturated/α-hetero) is 1. The van der Waals surface area contributed by atoms with Gasteiger partial charge in [0, 0.05) is 17.3 Å². The maximum atomic E-state index is 12.7. The molecule has 3 heteroatoms. The third kappa shape index (κ3) is 2.02. The zero-order valence-electron chi connectivity index (χ0n) is 13.2. The van der Waals surface area contributed by atoms with E-state index < -0.39 is 11.9 Å². The summed E-state index contributed by atoms with van der Waals surface area (Å²) in [5.74, 6) is -1.08. The first-order chi connectivity index (χ1) is 9.11. The van der Waals surface area contributed by atoms with Crippen LogP contribution < -0.4 is 5.11 Å². The van der Waals surface area contributed by atoms with E-state index in [0.717, 1.165) is 18.4 Å². The van der Waals surface area contributed by atoms with Gasteiger partial charge in [-0.25, -0.2) is 0 Å². The van der Waals surface area contributed by atoms with Crippen molar-refractivity contribution in [1.82, 2.24) is 0 Å². The molecule has 0 saturated heterocycles. The second-order valence-electron chi connectivity index (χ2n) is 7.65. The number of carbonyl (C=O) groups excluding carboxylic acids is 2. The molecule has 3 nitrogen and oxygen atoms in total. The zero-order chi connectivity index (χ0) is 15.3. The summed E-state index contributed by atoms with van der Waals surface area (Å²) >= 11 is 0. The van der Waals surface area contributed by atoms with Crippen LogP contribution in [-0.2, 0) is 9.59 Å². The van der Waals surface area contributed by atoms with Gasteiger partial charge >= 0.3 is 0 Å². The number of rotatable bonds is 4. The summed E-state index contributed by atoms with van der Waals surface area (Å²) in [5, 5.41) is 11.3. The van der Waals surface area contributed by atoms with Crippen molar-refractivity contribution in [3.8, 4) is 0 Å². The third-order valence-corrected chi connectivity index (χ3v) is 5.77. The lowest BCUT2D eigenvalue weighted by molar-refractivity contribution is -0.310. The molecule has 0 radical (unpaired) electrons. The molecule has 0 aliphatic heterocycles. The predicted octanol–water partition coefficient (Wildman–Crippen LogP) is 2.35. The second-order valence-corrected chi connectivity index (χ2v) is 7.65. The molecule has 2 fully saturated rings. The van der Waals surface area contributed by atoms with Crippen molar-refractivity contribution < 1.29 is 14.7 Å². The van der Waals surface area contributed by atoms with Crippen LogP contribution in [0.15, 0.2) is 11.6 Å². The van der Waals surface area contributed by atoms with Crippen molar-refractivity contribution in [3.63, 3.8) is 0 Å². The SMILES string of the molecule is CC(C)C[C@H](/C=C1/C(=O)[C@]2(C)CC[C@@H]1C2(C)C)C(=O)[O-]. The lowest BCUT2D eigenvalue weighted by Gasteiger charge is -2.31. The van der Waals surface area contributed by atoms with Crippen LogP contribution in [0.25, 0.3) is 0 Å². The molecule has 0 unspecified atom stereocenters. The van der Waals surface area contributed by atoms with Crippen molar-refractivity contribution in [1.29, 1.82) is 0 Å². The number of aliphatic carboxylic acids is 1. The molecule has 0 spiro atoms. The molecule has 2 aliphatic rings. The summed E-state index contributed by atoms with van der Waals surface area (Å²) < 4.78 is 0. The van der Waals surface area contributed by atoms with Crippen LogP contribution in [0.2, 0.25) is 0 Å². The Morgan fingerprint density at radius 1 is 1.40 bits per heavy atom. The predicted molar refractivity (Wildman–Crippen MR) is 75.7 cm³/mol. The van der Waals surface area contributed by atoms with Crippen molar-refractivity contribution in [2.24, 2.45) is 28.6 Å². The molecule has 0 aromatic carbocycles. The summed E-state index contributed by atoms with van der Waals surface area (Å²) in [6, 6.07) is 0. The number of allylic oxidation sites excluding steroid dienone is 1. The van der Waals surface area contributed by atoms with Gasteiger partial charge in [0.15, 0.2) is 5.78 Å². The summed E-state index contributed by atoms with van der Waals surface area (Å²) in [6.45, 7) is 10.3. The molecular formula is C17H25O3-. The fraction of sp³-hybridized carbons (Fsp3) is 0.765. The van der Waals surface area contributed by atoms with Gasteiger partial charge in [0.25, 0.3) is 0 Å². The highest BCUT2D eigenvalue weighted by Gasteiger charge is 2.63. The Kier molecular flexibility index (Phi) is 3.60. The Hall–Kier alpha value is -1.12. The molecule has 2 bridgehead atoms. The normalized spacial score (nSPS) is 35.0. The minimum absolute atomic E-state index is 0.0652. The zero-order valence-corrected chi connectivity index (χ0v) is 13.2. The molecule has 0 amide bonds. The standard InChI is InChI=1S/C17H26O3/c1-10(2)8-11(15(19)20)9-12-13-6-7-17(5,14(12)18)16(13,3)4/h9-11,13H,6-8H2,1-5H3,(H,19,20)/p-1/b12-9+/t11-,13+,17+/m1/s1. The Bertz CT molecular complexity index is 473. The van der Waals surface area contributed by atoms with E-state index in [1.54, 1.807) is 6.08 Å². The molecule has 0 aromatic heterocycles. The first-order valence-corrected chi connectivity index (χ1v) is 7.58. The lowest BCUT2D eigenvalue weighted by atomic mass is 9.70. The number of fused-ring (bicyclic) bond motifs is 2. The topological polar surface area (TPSA) is 57.2 Å². The van der Waals surface area contributed by atoms with Gasteiger partial charge in [0.1, 0.15) is 0 Å². The van der Waals surface area contributed by atoms with E-state index in [2.05, 4.69) is 13.8 Å². The number of ketones is 1. The second kappa shape index (κ2) is 4.71. The highest BCUT2D eigenvalue weighted by molar-refractivity contribution is 6.05. The maximum Gasteiger partial charge on any atom is 0.165 e. The van der Waals surface area contributed by atoms with E-state index in [0.29, 0.717) is 6.42 Å². The van der Waals surface area contributed by atoms with E-state index in [4.69, 9.17) is 0 Å². The van der Waals surface area contributed by atoms with Gasteiger partial charge in [-0.15, -0.1) is 0 Å². The molecule has 2 rings (SSSR count). The highest BCUT2D eigenvalue weighted by atomic mass is 16.4. The van der Waals surface area contributed by atoms with Crippen LogP contribution in [0, 0.1) is 28.6 Å². The van der Waals surface area contributed by atoms with Gasteiger partial charge in [0.2, 0.25) is 0 Å².